The molecule has 7 heteroatoms. The molecule has 2 aromatic carbocycles. The summed E-state index contributed by atoms with van der Waals surface area (Å²) in [5, 5.41) is 11.4. The monoisotopic (exact) mass is 472 g/mol. The number of benzene rings is 2. The van der Waals surface area contributed by atoms with Gasteiger partial charge in [0.2, 0.25) is 0 Å². The van der Waals surface area contributed by atoms with Crippen molar-refractivity contribution in [1.29, 1.82) is 0 Å². The molecular formula is C28H28N2O5. The molecule has 3 aromatic rings. The molecule has 1 aliphatic heterocycles. The second-order valence-electron chi connectivity index (χ2n) is 8.49. The summed E-state index contributed by atoms with van der Waals surface area (Å²) in [4.78, 5) is 32.1. The Kier molecular flexibility index (Phi) is 6.87. The Morgan fingerprint density at radius 3 is 2.49 bits per heavy atom. The van der Waals surface area contributed by atoms with Crippen molar-refractivity contribution in [3.05, 3.63) is 89.3 Å². The molecule has 1 fully saturated rings. The summed E-state index contributed by atoms with van der Waals surface area (Å²) in [6.45, 7) is 6.48. The fourth-order valence-corrected chi connectivity index (χ4v) is 4.31. The van der Waals surface area contributed by atoms with Crippen molar-refractivity contribution in [3.63, 3.8) is 0 Å². The number of aromatic nitrogens is 1. The molecule has 1 amide bonds. The van der Waals surface area contributed by atoms with Crippen molar-refractivity contribution in [3.8, 4) is 11.5 Å². The summed E-state index contributed by atoms with van der Waals surface area (Å²) in [5.41, 5.74) is 2.50. The van der Waals surface area contributed by atoms with E-state index in [1.165, 1.54) is 12.0 Å². The number of anilines is 1. The van der Waals surface area contributed by atoms with Gasteiger partial charge in [0, 0.05) is 29.7 Å². The molecule has 0 aliphatic carbocycles. The van der Waals surface area contributed by atoms with Crippen LogP contribution in [0.25, 0.3) is 5.76 Å². The smallest absolute Gasteiger partial charge is 0.300 e. The molecule has 0 spiro atoms. The maximum Gasteiger partial charge on any atom is 0.300 e. The number of rotatable bonds is 7. The molecular weight excluding hydrogens is 444 g/mol. The van der Waals surface area contributed by atoms with E-state index in [1.54, 1.807) is 60.9 Å². The lowest BCUT2D eigenvalue weighted by Crippen LogP contribution is -2.29. The zero-order valence-electron chi connectivity index (χ0n) is 20.2. The number of ether oxygens (including phenoxy) is 2. The van der Waals surface area contributed by atoms with Crippen LogP contribution in [0.2, 0.25) is 0 Å². The van der Waals surface area contributed by atoms with E-state index in [0.29, 0.717) is 29.2 Å². The summed E-state index contributed by atoms with van der Waals surface area (Å²) in [7, 11) is 1.53. The van der Waals surface area contributed by atoms with E-state index >= 15 is 0 Å². The first kappa shape index (κ1) is 24.0. The molecule has 1 unspecified atom stereocenters. The largest absolute Gasteiger partial charge is 0.507 e. The lowest BCUT2D eigenvalue weighted by Gasteiger charge is -2.25. The van der Waals surface area contributed by atoms with E-state index in [9.17, 15) is 14.7 Å². The topological polar surface area (TPSA) is 89.0 Å². The third kappa shape index (κ3) is 4.49. The number of carbonyl (C=O) groups is 2. The molecule has 0 saturated carbocycles. The zero-order valence-corrected chi connectivity index (χ0v) is 20.2. The van der Waals surface area contributed by atoms with Gasteiger partial charge in [0.15, 0.2) is 0 Å². The van der Waals surface area contributed by atoms with Gasteiger partial charge in [-0.05, 0) is 66.4 Å². The average Bonchev–Trinajstić information content (AvgIpc) is 3.14. The van der Waals surface area contributed by atoms with Gasteiger partial charge in [0.25, 0.3) is 11.7 Å². The predicted octanol–water partition coefficient (Wildman–Crippen LogP) is 5.24. The maximum absolute atomic E-state index is 13.3. The van der Waals surface area contributed by atoms with E-state index in [0.717, 1.165) is 11.3 Å². The average molecular weight is 473 g/mol. The molecule has 7 nitrogen and oxygen atoms in total. The van der Waals surface area contributed by atoms with Gasteiger partial charge < -0.3 is 14.6 Å². The number of methoxy groups -OCH3 is 1. The first-order valence-corrected chi connectivity index (χ1v) is 11.5. The van der Waals surface area contributed by atoms with Crippen LogP contribution < -0.4 is 14.4 Å². The van der Waals surface area contributed by atoms with Crippen LogP contribution in [0.4, 0.5) is 5.69 Å². The number of carbonyl (C=O) groups excluding carboxylic acids is 2. The number of aliphatic hydroxyl groups is 1. The molecule has 1 atom stereocenters. The Balaban J connectivity index is 1.92. The van der Waals surface area contributed by atoms with E-state index in [2.05, 4.69) is 4.98 Å². The van der Waals surface area contributed by atoms with Crippen LogP contribution in [0.5, 0.6) is 11.5 Å². The molecule has 180 valence electrons. The number of nitrogens with zero attached hydrogens (tertiary/aromatic N) is 2. The molecule has 1 N–H and O–H groups in total. The molecule has 1 aliphatic rings. The Morgan fingerprint density at radius 2 is 1.83 bits per heavy atom. The first-order chi connectivity index (χ1) is 16.9. The van der Waals surface area contributed by atoms with Gasteiger partial charge in [0.05, 0.1) is 25.3 Å². The Hall–Kier alpha value is -4.13. The van der Waals surface area contributed by atoms with Gasteiger partial charge in [-0.15, -0.1) is 0 Å². The first-order valence-electron chi connectivity index (χ1n) is 11.5. The highest BCUT2D eigenvalue weighted by Crippen LogP contribution is 2.43. The van der Waals surface area contributed by atoms with Crippen LogP contribution in [0.3, 0.4) is 0 Å². The molecule has 0 radical (unpaired) electrons. The number of hydrogen-bond donors (Lipinski definition) is 1. The molecule has 35 heavy (non-hydrogen) atoms. The predicted molar refractivity (Wildman–Crippen MR) is 134 cm³/mol. The molecule has 4 rings (SSSR count). The highest BCUT2D eigenvalue weighted by Gasteiger charge is 2.47. The third-order valence-corrected chi connectivity index (χ3v) is 6.00. The van der Waals surface area contributed by atoms with E-state index < -0.39 is 17.7 Å². The van der Waals surface area contributed by atoms with E-state index in [1.807, 2.05) is 26.8 Å². The third-order valence-electron chi connectivity index (χ3n) is 6.00. The van der Waals surface area contributed by atoms with Gasteiger partial charge in [-0.25, -0.2) is 0 Å². The summed E-state index contributed by atoms with van der Waals surface area (Å²) in [6, 6.07) is 14.9. The number of aliphatic hydroxyl groups excluding tert-OH is 1. The molecule has 2 heterocycles. The lowest BCUT2D eigenvalue weighted by molar-refractivity contribution is -0.132. The van der Waals surface area contributed by atoms with Crippen molar-refractivity contribution in [1.82, 2.24) is 4.98 Å². The second kappa shape index (κ2) is 10.0. The standard InChI is InChI=1S/C28H28N2O5/c1-5-35-23-10-9-19(15-22(23)17(2)3)26(31)24-25(18-11-13-29-14-12-18)30(28(33)27(24)32)20-7-6-8-21(16-20)34-4/h6-17,25,31H,5H2,1-4H3/b26-24-. The second-order valence-corrected chi connectivity index (χ2v) is 8.49. The summed E-state index contributed by atoms with van der Waals surface area (Å²) < 4.78 is 11.1. The van der Waals surface area contributed by atoms with Gasteiger partial charge in [0.1, 0.15) is 17.3 Å². The van der Waals surface area contributed by atoms with Gasteiger partial charge in [-0.2, -0.15) is 0 Å². The van der Waals surface area contributed by atoms with Crippen molar-refractivity contribution in [2.24, 2.45) is 0 Å². The number of ketones is 1. The van der Waals surface area contributed by atoms with Crippen molar-refractivity contribution >= 4 is 23.1 Å². The maximum atomic E-state index is 13.3. The SMILES string of the molecule is CCOc1ccc(/C(O)=C2/C(=O)C(=O)N(c3cccc(OC)c3)C2c2ccncc2)cc1C(C)C. The minimum atomic E-state index is -0.834. The Labute approximate surface area is 204 Å². The van der Waals surface area contributed by atoms with Crippen molar-refractivity contribution in [2.75, 3.05) is 18.6 Å². The van der Waals surface area contributed by atoms with E-state index in [-0.39, 0.29) is 17.3 Å². The molecule has 0 bridgehead atoms. The number of Topliss-reactive ketones (excluding diaryl/α,β-unsaturated/α-hetero) is 1. The number of hydrogen-bond acceptors (Lipinski definition) is 6. The lowest BCUT2D eigenvalue weighted by atomic mass is 9.93. The van der Waals surface area contributed by atoms with Crippen LogP contribution in [0, 0.1) is 0 Å². The van der Waals surface area contributed by atoms with Gasteiger partial charge in [-0.1, -0.05) is 19.9 Å². The van der Waals surface area contributed by atoms with Gasteiger partial charge in [-0.3, -0.25) is 19.5 Å². The van der Waals surface area contributed by atoms with Gasteiger partial charge >= 0.3 is 0 Å². The summed E-state index contributed by atoms with van der Waals surface area (Å²) in [5.74, 6) is -0.323. The highest BCUT2D eigenvalue weighted by molar-refractivity contribution is 6.51. The number of pyridine rings is 1. The molecule has 1 saturated heterocycles. The van der Waals surface area contributed by atoms with Crippen LogP contribution in [0.15, 0.2) is 72.6 Å². The van der Waals surface area contributed by atoms with Crippen LogP contribution in [-0.4, -0.2) is 35.5 Å². The summed E-state index contributed by atoms with van der Waals surface area (Å²) >= 11 is 0. The Bertz CT molecular complexity index is 1280. The minimum Gasteiger partial charge on any atom is -0.507 e. The zero-order chi connectivity index (χ0) is 25.1. The van der Waals surface area contributed by atoms with Crippen molar-refractivity contribution in [2.45, 2.75) is 32.7 Å². The fraction of sp³-hybridized carbons (Fsp3) is 0.250. The fourth-order valence-electron chi connectivity index (χ4n) is 4.31. The number of amides is 1. The van der Waals surface area contributed by atoms with Crippen LogP contribution in [-0.2, 0) is 9.59 Å². The highest BCUT2D eigenvalue weighted by atomic mass is 16.5. The minimum absolute atomic E-state index is 0.0166. The van der Waals surface area contributed by atoms with Crippen molar-refractivity contribution < 1.29 is 24.2 Å². The molecule has 1 aromatic heterocycles. The van der Waals surface area contributed by atoms with Crippen LogP contribution in [0.1, 0.15) is 49.4 Å². The quantitative estimate of drug-likeness (QED) is 0.287. The van der Waals surface area contributed by atoms with Crippen LogP contribution >= 0.6 is 0 Å². The Morgan fingerprint density at radius 1 is 1.09 bits per heavy atom. The summed E-state index contributed by atoms with van der Waals surface area (Å²) in [6.07, 6.45) is 3.18. The normalized spacial score (nSPS) is 17.2. The van der Waals surface area contributed by atoms with E-state index in [4.69, 9.17) is 9.47 Å².